The van der Waals surface area contributed by atoms with E-state index in [1.165, 1.54) is 30.3 Å². The Bertz CT molecular complexity index is 1090. The number of sulfonamides is 1. The molecule has 0 unspecified atom stereocenters. The number of rotatable bonds is 7. The fourth-order valence-electron chi connectivity index (χ4n) is 2.94. The molecule has 0 saturated heterocycles. The first-order chi connectivity index (χ1) is 13.9. The Kier molecular flexibility index (Phi) is 6.56. The van der Waals surface area contributed by atoms with E-state index in [-0.39, 0.29) is 22.2 Å². The number of anilines is 1. The summed E-state index contributed by atoms with van der Waals surface area (Å²) in [4.78, 5) is 13.1. The molecule has 0 aliphatic rings. The maximum atomic E-state index is 13.0. The number of amides is 1. The third-order valence-electron chi connectivity index (χ3n) is 4.44. The Morgan fingerprint density at radius 3 is 2.21 bits per heavy atom. The molecular weight excluding hydrogens is 408 g/mol. The quantitative estimate of drug-likeness (QED) is 0.554. The second kappa shape index (κ2) is 9.11. The summed E-state index contributed by atoms with van der Waals surface area (Å²) in [7, 11) is -3.84. The summed E-state index contributed by atoms with van der Waals surface area (Å²) in [5.74, 6) is -0.408. The molecule has 0 aromatic heterocycles. The molecule has 7 heteroatoms. The van der Waals surface area contributed by atoms with Crippen LogP contribution in [-0.4, -0.2) is 14.3 Å². The minimum atomic E-state index is -3.84. The van der Waals surface area contributed by atoms with Crippen LogP contribution in [0.3, 0.4) is 0 Å². The van der Waals surface area contributed by atoms with Crippen LogP contribution in [0.5, 0.6) is 0 Å². The normalized spacial score (nSPS) is 12.2. The molecule has 5 nitrogen and oxygen atoms in total. The van der Waals surface area contributed by atoms with Crippen LogP contribution in [0.25, 0.3) is 0 Å². The highest BCUT2D eigenvalue weighted by Crippen LogP contribution is 2.25. The maximum absolute atomic E-state index is 13.0. The fourth-order valence-corrected chi connectivity index (χ4v) is 4.21. The van der Waals surface area contributed by atoms with Crippen molar-refractivity contribution in [1.29, 1.82) is 0 Å². The predicted octanol–water partition coefficient (Wildman–Crippen LogP) is 5.02. The molecule has 0 spiro atoms. The molecule has 0 radical (unpaired) electrons. The van der Waals surface area contributed by atoms with Gasteiger partial charge in [-0.05, 0) is 42.3 Å². The molecular formula is C22H21ClN2O3S. The van der Waals surface area contributed by atoms with E-state index in [1.807, 2.05) is 37.3 Å². The standard InChI is InChI=1S/C22H21ClN2O3S/c1-2-20(16-9-5-3-6-10-16)24-22(26)19-15-17(23)13-14-21(19)25-29(27,28)18-11-7-4-8-12-18/h3-15,20,25H,2H2,1H3,(H,24,26)/t20-/m0/s1. The van der Waals surface area contributed by atoms with Crippen molar-refractivity contribution < 1.29 is 13.2 Å². The number of hydrogen-bond acceptors (Lipinski definition) is 3. The zero-order valence-electron chi connectivity index (χ0n) is 15.8. The SMILES string of the molecule is CC[C@H](NC(=O)c1cc(Cl)ccc1NS(=O)(=O)c1ccccc1)c1ccccc1. The van der Waals surface area contributed by atoms with Crippen LogP contribution < -0.4 is 10.0 Å². The van der Waals surface area contributed by atoms with E-state index in [4.69, 9.17) is 11.6 Å². The molecule has 0 aliphatic heterocycles. The molecule has 0 fully saturated rings. The van der Waals surface area contributed by atoms with Crippen LogP contribution in [0.2, 0.25) is 5.02 Å². The van der Waals surface area contributed by atoms with Gasteiger partial charge in [-0.15, -0.1) is 0 Å². The van der Waals surface area contributed by atoms with Gasteiger partial charge in [-0.2, -0.15) is 0 Å². The number of hydrogen-bond donors (Lipinski definition) is 2. The molecule has 0 aliphatic carbocycles. The van der Waals surface area contributed by atoms with Gasteiger partial charge in [0.05, 0.1) is 22.2 Å². The van der Waals surface area contributed by atoms with Crippen molar-refractivity contribution in [2.24, 2.45) is 0 Å². The van der Waals surface area contributed by atoms with E-state index >= 15 is 0 Å². The minimum absolute atomic E-state index is 0.108. The molecule has 0 bridgehead atoms. The number of benzene rings is 3. The summed E-state index contributed by atoms with van der Waals surface area (Å²) in [6, 6.07) is 21.8. The molecule has 150 valence electrons. The monoisotopic (exact) mass is 428 g/mol. The average Bonchev–Trinajstić information content (AvgIpc) is 2.74. The molecule has 2 N–H and O–H groups in total. The van der Waals surface area contributed by atoms with Crippen LogP contribution >= 0.6 is 11.6 Å². The zero-order valence-corrected chi connectivity index (χ0v) is 17.4. The van der Waals surface area contributed by atoms with Gasteiger partial charge in [-0.3, -0.25) is 9.52 Å². The van der Waals surface area contributed by atoms with Gasteiger partial charge >= 0.3 is 0 Å². The number of carbonyl (C=O) groups is 1. The molecule has 0 saturated carbocycles. The van der Waals surface area contributed by atoms with Crippen LogP contribution in [0, 0.1) is 0 Å². The Hall–Kier alpha value is -2.83. The lowest BCUT2D eigenvalue weighted by Crippen LogP contribution is -2.29. The maximum Gasteiger partial charge on any atom is 0.261 e. The largest absolute Gasteiger partial charge is 0.345 e. The van der Waals surface area contributed by atoms with Gasteiger partial charge in [0.1, 0.15) is 0 Å². The second-order valence-electron chi connectivity index (χ2n) is 6.45. The van der Waals surface area contributed by atoms with Crippen molar-refractivity contribution in [2.75, 3.05) is 4.72 Å². The molecule has 1 amide bonds. The van der Waals surface area contributed by atoms with Gasteiger partial charge in [-0.1, -0.05) is 67.1 Å². The van der Waals surface area contributed by atoms with Crippen molar-refractivity contribution in [2.45, 2.75) is 24.3 Å². The fraction of sp³-hybridized carbons (Fsp3) is 0.136. The Balaban J connectivity index is 1.89. The average molecular weight is 429 g/mol. The Labute approximate surface area is 175 Å². The first-order valence-electron chi connectivity index (χ1n) is 9.14. The topological polar surface area (TPSA) is 75.3 Å². The second-order valence-corrected chi connectivity index (χ2v) is 8.57. The lowest BCUT2D eigenvalue weighted by Gasteiger charge is -2.19. The minimum Gasteiger partial charge on any atom is -0.345 e. The summed E-state index contributed by atoms with van der Waals surface area (Å²) in [5.41, 5.74) is 1.29. The van der Waals surface area contributed by atoms with Gasteiger partial charge in [0.25, 0.3) is 15.9 Å². The molecule has 3 aromatic rings. The molecule has 29 heavy (non-hydrogen) atoms. The molecule has 0 heterocycles. The van der Waals surface area contributed by atoms with E-state index in [1.54, 1.807) is 18.2 Å². The van der Waals surface area contributed by atoms with Gasteiger partial charge in [0.2, 0.25) is 0 Å². The first kappa shape index (κ1) is 20.9. The lowest BCUT2D eigenvalue weighted by atomic mass is 10.0. The van der Waals surface area contributed by atoms with Crippen LogP contribution in [-0.2, 0) is 10.0 Å². The predicted molar refractivity (Wildman–Crippen MR) is 116 cm³/mol. The summed E-state index contributed by atoms with van der Waals surface area (Å²) in [6.45, 7) is 1.97. The highest BCUT2D eigenvalue weighted by molar-refractivity contribution is 7.92. The number of halogens is 1. The van der Waals surface area contributed by atoms with Crippen molar-refractivity contribution >= 4 is 33.2 Å². The van der Waals surface area contributed by atoms with E-state index in [0.717, 1.165) is 5.56 Å². The van der Waals surface area contributed by atoms with E-state index in [2.05, 4.69) is 10.0 Å². The van der Waals surface area contributed by atoms with Gasteiger partial charge < -0.3 is 5.32 Å². The molecule has 3 aromatic carbocycles. The smallest absolute Gasteiger partial charge is 0.261 e. The third kappa shape index (κ3) is 5.16. The van der Waals surface area contributed by atoms with Crippen molar-refractivity contribution in [3.05, 3.63) is 95.0 Å². The van der Waals surface area contributed by atoms with Crippen molar-refractivity contribution in [1.82, 2.24) is 5.32 Å². The van der Waals surface area contributed by atoms with Crippen molar-refractivity contribution in [3.8, 4) is 0 Å². The van der Waals surface area contributed by atoms with Crippen LogP contribution in [0.1, 0.15) is 35.3 Å². The highest BCUT2D eigenvalue weighted by Gasteiger charge is 2.21. The Morgan fingerprint density at radius 2 is 1.59 bits per heavy atom. The first-order valence-corrected chi connectivity index (χ1v) is 11.0. The van der Waals surface area contributed by atoms with Crippen LogP contribution in [0.15, 0.2) is 83.8 Å². The van der Waals surface area contributed by atoms with Crippen molar-refractivity contribution in [3.63, 3.8) is 0 Å². The van der Waals surface area contributed by atoms with Crippen LogP contribution in [0.4, 0.5) is 5.69 Å². The summed E-state index contributed by atoms with van der Waals surface area (Å²) in [6.07, 6.45) is 0.682. The van der Waals surface area contributed by atoms with Gasteiger partial charge in [0.15, 0.2) is 0 Å². The summed E-state index contributed by atoms with van der Waals surface area (Å²) in [5, 5.41) is 3.30. The highest BCUT2D eigenvalue weighted by atomic mass is 35.5. The number of carbonyl (C=O) groups excluding carboxylic acids is 1. The summed E-state index contributed by atoms with van der Waals surface area (Å²) >= 11 is 6.08. The third-order valence-corrected chi connectivity index (χ3v) is 6.06. The van der Waals surface area contributed by atoms with E-state index in [9.17, 15) is 13.2 Å². The van der Waals surface area contributed by atoms with E-state index in [0.29, 0.717) is 11.4 Å². The Morgan fingerprint density at radius 1 is 0.966 bits per heavy atom. The van der Waals surface area contributed by atoms with Gasteiger partial charge in [0, 0.05) is 5.02 Å². The molecule has 1 atom stereocenters. The van der Waals surface area contributed by atoms with Gasteiger partial charge in [-0.25, -0.2) is 8.42 Å². The molecule has 3 rings (SSSR count). The summed E-state index contributed by atoms with van der Waals surface area (Å²) < 4.78 is 27.9. The number of nitrogens with one attached hydrogen (secondary N) is 2. The van der Waals surface area contributed by atoms with E-state index < -0.39 is 15.9 Å². The zero-order chi connectivity index (χ0) is 20.9. The lowest BCUT2D eigenvalue weighted by molar-refractivity contribution is 0.0936.